The number of hydrogen-bond acceptors (Lipinski definition) is 2. The Hall–Kier alpha value is -2.00. The minimum atomic E-state index is -0.296. The van der Waals surface area contributed by atoms with Crippen molar-refractivity contribution in [2.75, 3.05) is 11.1 Å². The molecule has 3 N–H and O–H groups in total. The van der Waals surface area contributed by atoms with Crippen LogP contribution in [0.15, 0.2) is 36.4 Å². The predicted molar refractivity (Wildman–Crippen MR) is 79.7 cm³/mol. The number of halogens is 1. The van der Waals surface area contributed by atoms with Crippen molar-refractivity contribution in [3.05, 3.63) is 58.1 Å². The SMILES string of the molecule is Cc1ccc(NC(=O)c2c(N)cccc2Cl)c(C)c1. The Morgan fingerprint density at radius 1 is 1.21 bits per heavy atom. The van der Waals surface area contributed by atoms with Gasteiger partial charge < -0.3 is 11.1 Å². The lowest BCUT2D eigenvalue weighted by Crippen LogP contribution is -2.15. The van der Waals surface area contributed by atoms with Gasteiger partial charge in [0.15, 0.2) is 0 Å². The van der Waals surface area contributed by atoms with Gasteiger partial charge in [0.05, 0.1) is 10.6 Å². The Labute approximate surface area is 117 Å². The number of nitrogens with two attached hydrogens (primary N) is 1. The van der Waals surface area contributed by atoms with Crippen LogP contribution in [0.3, 0.4) is 0 Å². The summed E-state index contributed by atoms with van der Waals surface area (Å²) in [6.07, 6.45) is 0. The van der Waals surface area contributed by atoms with Crippen LogP contribution in [0.1, 0.15) is 21.5 Å². The average molecular weight is 275 g/mol. The Balaban J connectivity index is 2.31. The molecule has 0 saturated carbocycles. The van der Waals surface area contributed by atoms with Gasteiger partial charge >= 0.3 is 0 Å². The summed E-state index contributed by atoms with van der Waals surface area (Å²) in [5.41, 5.74) is 9.38. The van der Waals surface area contributed by atoms with Crippen LogP contribution in [-0.2, 0) is 0 Å². The number of hydrogen-bond donors (Lipinski definition) is 2. The Kier molecular flexibility index (Phi) is 3.76. The first-order valence-corrected chi connectivity index (χ1v) is 6.29. The summed E-state index contributed by atoms with van der Waals surface area (Å²) in [5, 5.41) is 3.18. The summed E-state index contributed by atoms with van der Waals surface area (Å²) in [4.78, 5) is 12.2. The van der Waals surface area contributed by atoms with Gasteiger partial charge in [0, 0.05) is 11.4 Å². The van der Waals surface area contributed by atoms with E-state index in [4.69, 9.17) is 17.3 Å². The molecule has 0 fully saturated rings. The molecule has 0 aromatic heterocycles. The topological polar surface area (TPSA) is 55.1 Å². The summed E-state index contributed by atoms with van der Waals surface area (Å²) >= 11 is 6.01. The van der Waals surface area contributed by atoms with Crippen LogP contribution >= 0.6 is 11.6 Å². The van der Waals surface area contributed by atoms with Crippen molar-refractivity contribution in [3.8, 4) is 0 Å². The quantitative estimate of drug-likeness (QED) is 0.819. The second-order valence-electron chi connectivity index (χ2n) is 4.48. The van der Waals surface area contributed by atoms with Gasteiger partial charge in [-0.3, -0.25) is 4.79 Å². The van der Waals surface area contributed by atoms with Gasteiger partial charge in [0.2, 0.25) is 0 Å². The first kappa shape index (κ1) is 13.4. The highest BCUT2D eigenvalue weighted by molar-refractivity contribution is 6.35. The van der Waals surface area contributed by atoms with Gasteiger partial charge in [-0.05, 0) is 37.6 Å². The molecule has 0 bridgehead atoms. The largest absolute Gasteiger partial charge is 0.398 e. The fourth-order valence-electron chi connectivity index (χ4n) is 1.92. The van der Waals surface area contributed by atoms with Gasteiger partial charge in [-0.1, -0.05) is 35.4 Å². The van der Waals surface area contributed by atoms with E-state index in [2.05, 4.69) is 5.32 Å². The molecule has 4 heteroatoms. The van der Waals surface area contributed by atoms with Crippen LogP contribution in [0.4, 0.5) is 11.4 Å². The Bertz CT molecular complexity index is 618. The third kappa shape index (κ3) is 2.88. The van der Waals surface area contributed by atoms with E-state index in [1.165, 1.54) is 0 Å². The van der Waals surface area contributed by atoms with Crippen LogP contribution in [-0.4, -0.2) is 5.91 Å². The number of anilines is 2. The molecule has 0 aliphatic rings. The van der Waals surface area contributed by atoms with Crippen molar-refractivity contribution in [1.29, 1.82) is 0 Å². The van der Waals surface area contributed by atoms with E-state index in [9.17, 15) is 4.79 Å². The highest BCUT2D eigenvalue weighted by atomic mass is 35.5. The van der Waals surface area contributed by atoms with Crippen LogP contribution in [0.5, 0.6) is 0 Å². The zero-order valence-corrected chi connectivity index (χ0v) is 11.6. The highest BCUT2D eigenvalue weighted by Gasteiger charge is 2.14. The minimum Gasteiger partial charge on any atom is -0.398 e. The summed E-state index contributed by atoms with van der Waals surface area (Å²) < 4.78 is 0. The molecule has 3 nitrogen and oxygen atoms in total. The lowest BCUT2D eigenvalue weighted by Gasteiger charge is -2.11. The Morgan fingerprint density at radius 2 is 1.95 bits per heavy atom. The maximum Gasteiger partial charge on any atom is 0.259 e. The van der Waals surface area contributed by atoms with E-state index in [-0.39, 0.29) is 5.91 Å². The third-order valence-electron chi connectivity index (χ3n) is 2.90. The molecular formula is C15H15ClN2O. The van der Waals surface area contributed by atoms with E-state index >= 15 is 0 Å². The fourth-order valence-corrected chi connectivity index (χ4v) is 2.19. The van der Waals surface area contributed by atoms with Crippen LogP contribution < -0.4 is 11.1 Å². The highest BCUT2D eigenvalue weighted by Crippen LogP contribution is 2.24. The van der Waals surface area contributed by atoms with E-state index in [0.29, 0.717) is 16.3 Å². The first-order valence-electron chi connectivity index (χ1n) is 5.91. The van der Waals surface area contributed by atoms with Crippen molar-refractivity contribution < 1.29 is 4.79 Å². The van der Waals surface area contributed by atoms with Crippen LogP contribution in [0.25, 0.3) is 0 Å². The smallest absolute Gasteiger partial charge is 0.259 e. The van der Waals surface area contributed by atoms with Crippen molar-refractivity contribution >= 4 is 28.9 Å². The number of nitrogen functional groups attached to an aromatic ring is 1. The number of carbonyl (C=O) groups excluding carboxylic acids is 1. The molecule has 1 amide bonds. The molecular weight excluding hydrogens is 260 g/mol. The normalized spacial score (nSPS) is 10.3. The number of carbonyl (C=O) groups is 1. The van der Waals surface area contributed by atoms with Gasteiger partial charge in [-0.15, -0.1) is 0 Å². The predicted octanol–water partition coefficient (Wildman–Crippen LogP) is 3.79. The second kappa shape index (κ2) is 5.33. The molecule has 2 rings (SSSR count). The summed E-state index contributed by atoms with van der Waals surface area (Å²) in [7, 11) is 0. The summed E-state index contributed by atoms with van der Waals surface area (Å²) in [5.74, 6) is -0.296. The first-order chi connectivity index (χ1) is 8.99. The molecule has 2 aromatic carbocycles. The molecule has 0 heterocycles. The number of amides is 1. The maximum atomic E-state index is 12.2. The Morgan fingerprint density at radius 3 is 2.58 bits per heavy atom. The van der Waals surface area contributed by atoms with Crippen LogP contribution in [0.2, 0.25) is 5.02 Å². The van der Waals surface area contributed by atoms with Gasteiger partial charge in [-0.25, -0.2) is 0 Å². The molecule has 2 aromatic rings. The van der Waals surface area contributed by atoms with E-state index < -0.39 is 0 Å². The zero-order valence-electron chi connectivity index (χ0n) is 10.8. The van der Waals surface area contributed by atoms with Gasteiger partial charge in [-0.2, -0.15) is 0 Å². The van der Waals surface area contributed by atoms with E-state index in [1.54, 1.807) is 18.2 Å². The standard InChI is InChI=1S/C15H15ClN2O/c1-9-6-7-13(10(2)8-9)18-15(19)14-11(16)4-3-5-12(14)17/h3-8H,17H2,1-2H3,(H,18,19). The third-order valence-corrected chi connectivity index (χ3v) is 3.22. The molecule has 0 saturated heterocycles. The lowest BCUT2D eigenvalue weighted by atomic mass is 10.1. The van der Waals surface area contributed by atoms with Crippen molar-refractivity contribution in [2.45, 2.75) is 13.8 Å². The molecule has 19 heavy (non-hydrogen) atoms. The summed E-state index contributed by atoms with van der Waals surface area (Å²) in [6.45, 7) is 3.95. The maximum absolute atomic E-state index is 12.2. The molecule has 0 radical (unpaired) electrons. The average Bonchev–Trinajstić information content (AvgIpc) is 2.32. The lowest BCUT2D eigenvalue weighted by molar-refractivity contribution is 0.102. The molecule has 0 spiro atoms. The van der Waals surface area contributed by atoms with Crippen molar-refractivity contribution in [1.82, 2.24) is 0 Å². The van der Waals surface area contributed by atoms with Crippen LogP contribution in [0, 0.1) is 13.8 Å². The monoisotopic (exact) mass is 274 g/mol. The van der Waals surface area contributed by atoms with E-state index in [1.807, 2.05) is 32.0 Å². The second-order valence-corrected chi connectivity index (χ2v) is 4.88. The number of benzene rings is 2. The minimum absolute atomic E-state index is 0.296. The molecule has 98 valence electrons. The summed E-state index contributed by atoms with van der Waals surface area (Å²) in [6, 6.07) is 10.8. The van der Waals surface area contributed by atoms with Gasteiger partial charge in [0.25, 0.3) is 5.91 Å². The van der Waals surface area contributed by atoms with Gasteiger partial charge in [0.1, 0.15) is 0 Å². The van der Waals surface area contributed by atoms with Crippen molar-refractivity contribution in [2.24, 2.45) is 0 Å². The number of aryl methyl sites for hydroxylation is 2. The molecule has 0 aliphatic heterocycles. The molecule has 0 aliphatic carbocycles. The number of nitrogens with one attached hydrogen (secondary N) is 1. The van der Waals surface area contributed by atoms with E-state index in [0.717, 1.165) is 16.8 Å². The molecule has 0 unspecified atom stereocenters. The number of rotatable bonds is 2. The fraction of sp³-hybridized carbons (Fsp3) is 0.133. The van der Waals surface area contributed by atoms with Crippen molar-refractivity contribution in [3.63, 3.8) is 0 Å². The zero-order chi connectivity index (χ0) is 14.0. The molecule has 0 atom stereocenters.